The van der Waals surface area contributed by atoms with Crippen molar-refractivity contribution in [2.24, 2.45) is 5.10 Å². The van der Waals surface area contributed by atoms with Crippen LogP contribution in [-0.4, -0.2) is 48.5 Å². The average molecular weight is 502 g/mol. The van der Waals surface area contributed by atoms with Crippen molar-refractivity contribution in [3.05, 3.63) is 77.0 Å². The second-order valence-electron chi connectivity index (χ2n) is 7.55. The van der Waals surface area contributed by atoms with Crippen LogP contribution in [0.1, 0.15) is 29.0 Å². The molecule has 1 amide bonds. The molecule has 3 aromatic rings. The number of sulfonamides is 1. The van der Waals surface area contributed by atoms with E-state index in [1.807, 2.05) is 0 Å². The highest BCUT2D eigenvalue weighted by Crippen LogP contribution is 2.27. The lowest BCUT2D eigenvalue weighted by Crippen LogP contribution is -2.44. The summed E-state index contributed by atoms with van der Waals surface area (Å²) in [4.78, 5) is 23.7. The van der Waals surface area contributed by atoms with Crippen LogP contribution in [0, 0.1) is 0 Å². The first kappa shape index (κ1) is 23.7. The third-order valence-corrected chi connectivity index (χ3v) is 7.51. The van der Waals surface area contributed by atoms with Gasteiger partial charge in [0.25, 0.3) is 5.91 Å². The van der Waals surface area contributed by atoms with Crippen LogP contribution >= 0.6 is 11.6 Å². The molecule has 9 nitrogen and oxygen atoms in total. The number of carboxylic acid groups (broad SMARTS) is 1. The Morgan fingerprint density at radius 2 is 1.79 bits per heavy atom. The van der Waals surface area contributed by atoms with Gasteiger partial charge in [0.05, 0.1) is 16.7 Å². The maximum absolute atomic E-state index is 13.0. The monoisotopic (exact) mass is 501 g/mol. The number of carboxylic acids is 1. The third kappa shape index (κ3) is 5.04. The number of aromatic carboxylic acids is 1. The maximum atomic E-state index is 13.0. The lowest BCUT2D eigenvalue weighted by molar-refractivity contribution is -0.124. The van der Waals surface area contributed by atoms with E-state index in [2.05, 4.69) is 10.5 Å². The Bertz CT molecular complexity index is 1330. The minimum Gasteiger partial charge on any atom is -0.478 e. The molecule has 0 bridgehead atoms. The van der Waals surface area contributed by atoms with Crippen LogP contribution in [0.15, 0.2) is 75.1 Å². The largest absolute Gasteiger partial charge is 0.478 e. The lowest BCUT2D eigenvalue weighted by atomic mass is 10.1. The molecule has 1 aliphatic heterocycles. The van der Waals surface area contributed by atoms with E-state index in [9.17, 15) is 18.0 Å². The summed E-state index contributed by atoms with van der Waals surface area (Å²) in [6, 6.07) is 14.4. The van der Waals surface area contributed by atoms with Crippen LogP contribution in [0.2, 0.25) is 5.02 Å². The van der Waals surface area contributed by atoms with Gasteiger partial charge in [-0.2, -0.15) is 9.41 Å². The summed E-state index contributed by atoms with van der Waals surface area (Å²) in [5.74, 6) is -0.700. The van der Waals surface area contributed by atoms with Crippen LogP contribution in [0.5, 0.6) is 0 Å². The number of halogens is 1. The highest BCUT2D eigenvalue weighted by atomic mass is 35.5. The number of hydrogen-bond donors (Lipinski definition) is 2. The van der Waals surface area contributed by atoms with Gasteiger partial charge in [-0.05, 0) is 61.4 Å². The molecule has 0 radical (unpaired) electrons. The molecule has 0 spiro atoms. The molecule has 1 fully saturated rings. The van der Waals surface area contributed by atoms with Gasteiger partial charge in [0.1, 0.15) is 17.6 Å². The van der Waals surface area contributed by atoms with E-state index < -0.39 is 27.9 Å². The number of hydrogen-bond acceptors (Lipinski definition) is 6. The van der Waals surface area contributed by atoms with Crippen LogP contribution in [0.3, 0.4) is 0 Å². The molecule has 4 rings (SSSR count). The summed E-state index contributed by atoms with van der Waals surface area (Å²) >= 11 is 5.84. The number of rotatable bonds is 7. The minimum atomic E-state index is -3.86. The highest BCUT2D eigenvalue weighted by Gasteiger charge is 2.39. The first-order chi connectivity index (χ1) is 16.3. The number of hydrazone groups is 1. The Morgan fingerprint density at radius 3 is 2.47 bits per heavy atom. The van der Waals surface area contributed by atoms with Crippen LogP contribution in [0.4, 0.5) is 0 Å². The fourth-order valence-corrected chi connectivity index (χ4v) is 5.40. The van der Waals surface area contributed by atoms with E-state index in [1.54, 1.807) is 24.3 Å². The van der Waals surface area contributed by atoms with Gasteiger partial charge < -0.3 is 9.52 Å². The molecule has 2 heterocycles. The molecule has 0 unspecified atom stereocenters. The molecule has 11 heteroatoms. The summed E-state index contributed by atoms with van der Waals surface area (Å²) in [5, 5.41) is 13.3. The lowest BCUT2D eigenvalue weighted by Gasteiger charge is -2.22. The molecule has 1 aliphatic rings. The van der Waals surface area contributed by atoms with Gasteiger partial charge in [0.15, 0.2) is 0 Å². The Morgan fingerprint density at radius 1 is 1.09 bits per heavy atom. The van der Waals surface area contributed by atoms with Crippen molar-refractivity contribution in [2.45, 2.75) is 23.8 Å². The van der Waals surface area contributed by atoms with E-state index >= 15 is 0 Å². The van der Waals surface area contributed by atoms with E-state index in [4.69, 9.17) is 21.1 Å². The maximum Gasteiger partial charge on any atom is 0.335 e. The second kappa shape index (κ2) is 9.80. The summed E-state index contributed by atoms with van der Waals surface area (Å²) in [6.07, 6.45) is 2.24. The zero-order valence-electron chi connectivity index (χ0n) is 17.7. The fourth-order valence-electron chi connectivity index (χ4n) is 3.62. The van der Waals surface area contributed by atoms with E-state index in [1.165, 1.54) is 46.9 Å². The van der Waals surface area contributed by atoms with E-state index in [0.717, 1.165) is 0 Å². The van der Waals surface area contributed by atoms with Crippen molar-refractivity contribution >= 4 is 39.7 Å². The normalized spacial score (nSPS) is 16.7. The number of nitrogens with one attached hydrogen (secondary N) is 1. The molecule has 0 aliphatic carbocycles. The molecule has 2 aromatic carbocycles. The Balaban J connectivity index is 1.41. The number of nitrogens with zero attached hydrogens (tertiary/aromatic N) is 2. The first-order valence-electron chi connectivity index (χ1n) is 10.3. The Kier molecular flexibility index (Phi) is 6.82. The first-order valence-corrected chi connectivity index (χ1v) is 12.1. The third-order valence-electron chi connectivity index (χ3n) is 5.34. The van der Waals surface area contributed by atoms with Crippen LogP contribution in [-0.2, 0) is 14.8 Å². The van der Waals surface area contributed by atoms with E-state index in [-0.39, 0.29) is 17.0 Å². The molecule has 2 N–H and O–H groups in total. The minimum absolute atomic E-state index is 0.0691. The second-order valence-corrected chi connectivity index (χ2v) is 9.87. The van der Waals surface area contributed by atoms with E-state index in [0.29, 0.717) is 34.9 Å². The van der Waals surface area contributed by atoms with Crippen molar-refractivity contribution < 1.29 is 27.5 Å². The molecular formula is C23H20ClN3O6S. The smallest absolute Gasteiger partial charge is 0.335 e. The zero-order chi connectivity index (χ0) is 24.3. The van der Waals surface area contributed by atoms with Crippen molar-refractivity contribution in [3.8, 4) is 11.3 Å². The summed E-state index contributed by atoms with van der Waals surface area (Å²) in [6.45, 7) is 0.231. The number of furan rings is 1. The van der Waals surface area contributed by atoms with Gasteiger partial charge in [-0.25, -0.2) is 18.6 Å². The molecule has 0 saturated carbocycles. The molecule has 1 saturated heterocycles. The number of carbonyl (C=O) groups excluding carboxylic acids is 1. The van der Waals surface area contributed by atoms with Gasteiger partial charge in [0, 0.05) is 17.1 Å². The van der Waals surface area contributed by atoms with Gasteiger partial charge in [-0.1, -0.05) is 23.7 Å². The van der Waals surface area contributed by atoms with Crippen LogP contribution < -0.4 is 5.43 Å². The molecular weight excluding hydrogens is 482 g/mol. The summed E-state index contributed by atoms with van der Waals surface area (Å²) in [5.41, 5.74) is 3.23. The van der Waals surface area contributed by atoms with Crippen LogP contribution in [0.25, 0.3) is 11.3 Å². The topological polar surface area (TPSA) is 129 Å². The molecule has 1 atom stereocenters. The van der Waals surface area contributed by atoms with Crippen molar-refractivity contribution in [2.75, 3.05) is 6.54 Å². The highest BCUT2D eigenvalue weighted by molar-refractivity contribution is 7.89. The van der Waals surface area contributed by atoms with Gasteiger partial charge in [0.2, 0.25) is 10.0 Å². The van der Waals surface area contributed by atoms with Gasteiger partial charge >= 0.3 is 5.97 Å². The Labute approximate surface area is 200 Å². The van der Waals surface area contributed by atoms with Crippen molar-refractivity contribution in [1.29, 1.82) is 0 Å². The Hall–Kier alpha value is -3.47. The number of benzene rings is 2. The molecule has 34 heavy (non-hydrogen) atoms. The van der Waals surface area contributed by atoms with Crippen molar-refractivity contribution in [3.63, 3.8) is 0 Å². The number of amides is 1. The fraction of sp³-hybridized carbons (Fsp3) is 0.174. The quantitative estimate of drug-likeness (QED) is 0.376. The predicted octanol–water partition coefficient (Wildman–Crippen LogP) is 3.60. The van der Waals surface area contributed by atoms with Gasteiger partial charge in [-0.15, -0.1) is 0 Å². The average Bonchev–Trinajstić information content (AvgIpc) is 3.50. The standard InChI is InChI=1S/C23H20ClN3O6S/c24-17-7-10-19(11-8-17)34(31,32)27-13-1-2-20(27)22(28)26-25-14-18-9-12-21(33-18)15-3-5-16(6-4-15)23(29)30/h3-12,14,20H,1-2,13H2,(H,26,28)(H,29,30)/t20-/m0/s1. The van der Waals surface area contributed by atoms with Crippen molar-refractivity contribution in [1.82, 2.24) is 9.73 Å². The zero-order valence-corrected chi connectivity index (χ0v) is 19.3. The van der Waals surface area contributed by atoms with Gasteiger partial charge in [-0.3, -0.25) is 4.79 Å². The predicted molar refractivity (Wildman–Crippen MR) is 125 cm³/mol. The molecule has 1 aromatic heterocycles. The number of carbonyl (C=O) groups is 2. The SMILES string of the molecule is O=C(O)c1ccc(-c2ccc(C=NNC(=O)[C@@H]3CCCN3S(=O)(=O)c3ccc(Cl)cc3)o2)cc1. The summed E-state index contributed by atoms with van der Waals surface area (Å²) in [7, 11) is -3.86. The molecule has 176 valence electrons. The summed E-state index contributed by atoms with van der Waals surface area (Å²) < 4.78 is 32.8.